The van der Waals surface area contributed by atoms with Gasteiger partial charge >= 0.3 is 0 Å². The van der Waals surface area contributed by atoms with Gasteiger partial charge in [0.1, 0.15) is 0 Å². The van der Waals surface area contributed by atoms with Crippen molar-refractivity contribution in [3.05, 3.63) is 35.7 Å². The molecule has 1 atom stereocenters. The number of rotatable bonds is 2. The zero-order chi connectivity index (χ0) is 11.1. The molecule has 1 saturated carbocycles. The zero-order valence-electron chi connectivity index (χ0n) is 9.22. The molecule has 1 aliphatic rings. The van der Waals surface area contributed by atoms with Crippen LogP contribution in [0.15, 0.2) is 24.4 Å². The lowest BCUT2D eigenvalue weighted by molar-refractivity contribution is 0.199. The first-order valence-corrected chi connectivity index (χ1v) is 5.69. The number of nitrogens with zero attached hydrogens (tertiary/aromatic N) is 2. The molecule has 3 rings (SSSR count). The van der Waals surface area contributed by atoms with Crippen LogP contribution in [-0.4, -0.2) is 15.1 Å². The predicted molar refractivity (Wildman–Crippen MR) is 62.1 cm³/mol. The molecule has 3 nitrogen and oxygen atoms in total. The SMILES string of the molecule is CC(O)c1ccc2ncc(C3CC3)nc2c1. The summed E-state index contributed by atoms with van der Waals surface area (Å²) in [6.07, 6.45) is 3.89. The van der Waals surface area contributed by atoms with Gasteiger partial charge in [0, 0.05) is 12.1 Å². The van der Waals surface area contributed by atoms with E-state index in [-0.39, 0.29) is 0 Å². The summed E-state index contributed by atoms with van der Waals surface area (Å²) in [6, 6.07) is 5.75. The Bertz CT molecular complexity index is 496. The maximum absolute atomic E-state index is 9.53. The van der Waals surface area contributed by atoms with Crippen molar-refractivity contribution < 1.29 is 5.11 Å². The van der Waals surface area contributed by atoms with E-state index >= 15 is 0 Å². The Kier molecular flexibility index (Phi) is 2.14. The number of fused-ring (bicyclic) bond motifs is 1. The van der Waals surface area contributed by atoms with Gasteiger partial charge in [-0.25, -0.2) is 4.98 Å². The van der Waals surface area contributed by atoms with Crippen LogP contribution in [0.2, 0.25) is 0 Å². The van der Waals surface area contributed by atoms with Gasteiger partial charge in [-0.3, -0.25) is 4.98 Å². The molecule has 3 heteroatoms. The van der Waals surface area contributed by atoms with Crippen LogP contribution in [0.25, 0.3) is 11.0 Å². The number of aromatic nitrogens is 2. The van der Waals surface area contributed by atoms with Crippen molar-refractivity contribution in [2.45, 2.75) is 31.8 Å². The van der Waals surface area contributed by atoms with Crippen LogP contribution in [0.4, 0.5) is 0 Å². The van der Waals surface area contributed by atoms with E-state index in [9.17, 15) is 5.11 Å². The van der Waals surface area contributed by atoms with Gasteiger partial charge in [0.05, 0.1) is 22.8 Å². The highest BCUT2D eigenvalue weighted by Crippen LogP contribution is 2.39. The standard InChI is InChI=1S/C13H14N2O/c1-8(16)10-4-5-11-12(6-10)15-13(7-14-11)9-2-3-9/h4-9,16H,2-3H2,1H3. The summed E-state index contributed by atoms with van der Waals surface area (Å²) in [6.45, 7) is 1.76. The highest BCUT2D eigenvalue weighted by molar-refractivity contribution is 5.75. The van der Waals surface area contributed by atoms with Crippen molar-refractivity contribution in [1.82, 2.24) is 9.97 Å². The molecular formula is C13H14N2O. The molecule has 1 unspecified atom stereocenters. The molecule has 1 heterocycles. The molecule has 0 amide bonds. The van der Waals surface area contributed by atoms with E-state index < -0.39 is 6.10 Å². The van der Waals surface area contributed by atoms with E-state index in [2.05, 4.69) is 9.97 Å². The molecule has 1 aliphatic carbocycles. The van der Waals surface area contributed by atoms with Crippen LogP contribution in [0.5, 0.6) is 0 Å². The molecule has 0 spiro atoms. The van der Waals surface area contributed by atoms with Crippen LogP contribution >= 0.6 is 0 Å². The fourth-order valence-electron chi connectivity index (χ4n) is 1.88. The second-order valence-electron chi connectivity index (χ2n) is 4.49. The fourth-order valence-corrected chi connectivity index (χ4v) is 1.88. The minimum atomic E-state index is -0.448. The maximum atomic E-state index is 9.53. The quantitative estimate of drug-likeness (QED) is 0.835. The highest BCUT2D eigenvalue weighted by Gasteiger charge is 2.25. The maximum Gasteiger partial charge on any atom is 0.0893 e. The second-order valence-corrected chi connectivity index (χ2v) is 4.49. The van der Waals surface area contributed by atoms with Crippen LogP contribution in [0.1, 0.15) is 43.0 Å². The average Bonchev–Trinajstić information content (AvgIpc) is 3.11. The van der Waals surface area contributed by atoms with E-state index in [1.165, 1.54) is 12.8 Å². The Morgan fingerprint density at radius 1 is 1.31 bits per heavy atom. The minimum absolute atomic E-state index is 0.448. The van der Waals surface area contributed by atoms with E-state index in [4.69, 9.17) is 0 Å². The van der Waals surface area contributed by atoms with E-state index in [1.807, 2.05) is 24.4 Å². The molecule has 0 saturated heterocycles. The average molecular weight is 214 g/mol. The second kappa shape index (κ2) is 3.52. The Hall–Kier alpha value is -1.48. The normalized spacial score (nSPS) is 17.6. The van der Waals surface area contributed by atoms with Gasteiger partial charge in [0.2, 0.25) is 0 Å². The predicted octanol–water partition coefficient (Wildman–Crippen LogP) is 2.56. The molecule has 0 bridgehead atoms. The summed E-state index contributed by atoms with van der Waals surface area (Å²) in [4.78, 5) is 9.01. The number of benzene rings is 1. The fraction of sp³-hybridized carbons (Fsp3) is 0.385. The molecule has 0 aliphatic heterocycles. The topological polar surface area (TPSA) is 46.0 Å². The molecule has 1 aromatic heterocycles. The first kappa shape index (κ1) is 9.73. The Labute approximate surface area is 94.2 Å². The van der Waals surface area contributed by atoms with Gasteiger partial charge in [0.15, 0.2) is 0 Å². The smallest absolute Gasteiger partial charge is 0.0893 e. The monoisotopic (exact) mass is 214 g/mol. The summed E-state index contributed by atoms with van der Waals surface area (Å²) in [5.74, 6) is 0.618. The number of hydrogen-bond donors (Lipinski definition) is 1. The lowest BCUT2D eigenvalue weighted by Gasteiger charge is -2.06. The Morgan fingerprint density at radius 2 is 2.12 bits per heavy atom. The van der Waals surface area contributed by atoms with Gasteiger partial charge in [-0.05, 0) is 37.5 Å². The van der Waals surface area contributed by atoms with Gasteiger partial charge in [-0.15, -0.1) is 0 Å². The first-order chi connectivity index (χ1) is 7.74. The molecule has 1 N–H and O–H groups in total. The molecule has 0 radical (unpaired) electrons. The van der Waals surface area contributed by atoms with Crippen LogP contribution in [-0.2, 0) is 0 Å². The number of hydrogen-bond acceptors (Lipinski definition) is 3. The zero-order valence-corrected chi connectivity index (χ0v) is 9.22. The molecule has 1 aromatic carbocycles. The van der Waals surface area contributed by atoms with Crippen molar-refractivity contribution in [2.24, 2.45) is 0 Å². The van der Waals surface area contributed by atoms with Crippen molar-refractivity contribution in [2.75, 3.05) is 0 Å². The molecular weight excluding hydrogens is 200 g/mol. The van der Waals surface area contributed by atoms with Gasteiger partial charge in [-0.1, -0.05) is 6.07 Å². The molecule has 1 fully saturated rings. The van der Waals surface area contributed by atoms with Crippen LogP contribution in [0.3, 0.4) is 0 Å². The molecule has 16 heavy (non-hydrogen) atoms. The third-order valence-electron chi connectivity index (χ3n) is 3.06. The first-order valence-electron chi connectivity index (χ1n) is 5.69. The number of aliphatic hydroxyl groups excluding tert-OH is 1. The highest BCUT2D eigenvalue weighted by atomic mass is 16.3. The van der Waals surface area contributed by atoms with E-state index in [0.717, 1.165) is 22.3 Å². The summed E-state index contributed by atoms with van der Waals surface area (Å²) in [5.41, 5.74) is 3.78. The summed E-state index contributed by atoms with van der Waals surface area (Å²) in [5, 5.41) is 9.53. The summed E-state index contributed by atoms with van der Waals surface area (Å²) in [7, 11) is 0. The minimum Gasteiger partial charge on any atom is -0.389 e. The molecule has 2 aromatic rings. The van der Waals surface area contributed by atoms with Gasteiger partial charge in [0.25, 0.3) is 0 Å². The third kappa shape index (κ3) is 1.67. The van der Waals surface area contributed by atoms with Crippen molar-refractivity contribution in [3.8, 4) is 0 Å². The lowest BCUT2D eigenvalue weighted by atomic mass is 10.1. The Balaban J connectivity index is 2.11. The lowest BCUT2D eigenvalue weighted by Crippen LogP contribution is -1.94. The van der Waals surface area contributed by atoms with Gasteiger partial charge in [-0.2, -0.15) is 0 Å². The Morgan fingerprint density at radius 3 is 2.81 bits per heavy atom. The number of aliphatic hydroxyl groups is 1. The van der Waals surface area contributed by atoms with Crippen molar-refractivity contribution in [1.29, 1.82) is 0 Å². The third-order valence-corrected chi connectivity index (χ3v) is 3.06. The van der Waals surface area contributed by atoms with Crippen molar-refractivity contribution >= 4 is 11.0 Å². The van der Waals surface area contributed by atoms with Crippen molar-refractivity contribution in [3.63, 3.8) is 0 Å². The summed E-state index contributed by atoms with van der Waals surface area (Å²) < 4.78 is 0. The summed E-state index contributed by atoms with van der Waals surface area (Å²) >= 11 is 0. The van der Waals surface area contributed by atoms with Gasteiger partial charge < -0.3 is 5.11 Å². The molecule has 82 valence electrons. The van der Waals surface area contributed by atoms with E-state index in [1.54, 1.807) is 6.92 Å². The van der Waals surface area contributed by atoms with Crippen LogP contribution < -0.4 is 0 Å². The largest absolute Gasteiger partial charge is 0.389 e. The van der Waals surface area contributed by atoms with Crippen LogP contribution in [0, 0.1) is 0 Å². The van der Waals surface area contributed by atoms with E-state index in [0.29, 0.717) is 5.92 Å².